The highest BCUT2D eigenvalue weighted by Crippen LogP contribution is 2.25. The van der Waals surface area contributed by atoms with Crippen LogP contribution in [0.1, 0.15) is 18.5 Å². The molecule has 1 aromatic carbocycles. The number of nitrogens with one attached hydrogen (secondary N) is 1. The number of nitrogens with zero attached hydrogens (tertiary/aromatic N) is 2. The molecule has 8 heteroatoms. The van der Waals surface area contributed by atoms with Crippen molar-refractivity contribution in [2.24, 2.45) is 0 Å². The Hall–Kier alpha value is -1.89. The lowest BCUT2D eigenvalue weighted by atomic mass is 10.1. The molecule has 0 fully saturated rings. The third-order valence-corrected chi connectivity index (χ3v) is 5.15. The monoisotopic (exact) mass is 381 g/mol. The lowest BCUT2D eigenvalue weighted by Crippen LogP contribution is -2.33. The van der Waals surface area contributed by atoms with E-state index >= 15 is 0 Å². The van der Waals surface area contributed by atoms with Gasteiger partial charge in [-0.25, -0.2) is 4.98 Å². The van der Waals surface area contributed by atoms with Gasteiger partial charge in [-0.15, -0.1) is 11.3 Å². The first-order valence-electron chi connectivity index (χ1n) is 7.12. The van der Waals surface area contributed by atoms with Crippen molar-refractivity contribution in [3.05, 3.63) is 61.9 Å². The van der Waals surface area contributed by atoms with Gasteiger partial charge in [0.15, 0.2) is 0 Å². The van der Waals surface area contributed by atoms with Crippen LogP contribution in [0.15, 0.2) is 40.8 Å². The Balaban J connectivity index is 1.73. The number of benzene rings is 1. The molecule has 1 N–H and O–H groups in total. The van der Waals surface area contributed by atoms with Crippen LogP contribution in [0, 0.1) is 0 Å². The van der Waals surface area contributed by atoms with Gasteiger partial charge < -0.3 is 5.32 Å². The molecule has 0 unspecified atom stereocenters. The Morgan fingerprint density at radius 2 is 2.12 bits per heavy atom. The van der Waals surface area contributed by atoms with Crippen molar-refractivity contribution in [2.45, 2.75) is 19.5 Å². The van der Waals surface area contributed by atoms with Crippen LogP contribution >= 0.6 is 34.5 Å². The van der Waals surface area contributed by atoms with Crippen LogP contribution in [0.5, 0.6) is 0 Å². The Labute approximate surface area is 151 Å². The highest BCUT2D eigenvalue weighted by Gasteiger charge is 2.13. The minimum atomic E-state index is -0.285. The van der Waals surface area contributed by atoms with E-state index in [4.69, 9.17) is 23.2 Å². The van der Waals surface area contributed by atoms with Crippen molar-refractivity contribution in [2.75, 3.05) is 0 Å². The fourth-order valence-corrected chi connectivity index (χ4v) is 3.34. The zero-order valence-corrected chi connectivity index (χ0v) is 15.0. The number of amides is 1. The van der Waals surface area contributed by atoms with E-state index < -0.39 is 0 Å². The summed E-state index contributed by atoms with van der Waals surface area (Å²) < 4.78 is 1.30. The van der Waals surface area contributed by atoms with Gasteiger partial charge in [0, 0.05) is 0 Å². The molecule has 1 amide bonds. The minimum Gasteiger partial charge on any atom is -0.348 e. The summed E-state index contributed by atoms with van der Waals surface area (Å²) in [6.07, 6.45) is 1.39. The van der Waals surface area contributed by atoms with E-state index in [0.717, 1.165) is 5.56 Å². The maximum absolute atomic E-state index is 12.3. The van der Waals surface area contributed by atoms with Crippen LogP contribution in [0.2, 0.25) is 10.0 Å². The molecular formula is C16H13Cl2N3O2S. The average molecular weight is 382 g/mol. The Morgan fingerprint density at radius 1 is 1.33 bits per heavy atom. The quantitative estimate of drug-likeness (QED) is 0.749. The normalized spacial score (nSPS) is 12.3. The zero-order chi connectivity index (χ0) is 17.3. The van der Waals surface area contributed by atoms with Gasteiger partial charge in [-0.1, -0.05) is 29.3 Å². The summed E-state index contributed by atoms with van der Waals surface area (Å²) in [4.78, 5) is 29.4. The van der Waals surface area contributed by atoms with Crippen molar-refractivity contribution in [1.29, 1.82) is 0 Å². The maximum atomic E-state index is 12.3. The van der Waals surface area contributed by atoms with E-state index in [2.05, 4.69) is 10.3 Å². The van der Waals surface area contributed by atoms with E-state index in [1.165, 1.54) is 22.2 Å². The molecule has 0 aliphatic carbocycles. The van der Waals surface area contributed by atoms with Gasteiger partial charge in [-0.3, -0.25) is 14.2 Å². The lowest BCUT2D eigenvalue weighted by molar-refractivity contribution is -0.122. The molecule has 0 aliphatic heterocycles. The van der Waals surface area contributed by atoms with Crippen molar-refractivity contribution in [3.63, 3.8) is 0 Å². The molecule has 5 nitrogen and oxygen atoms in total. The first-order valence-corrected chi connectivity index (χ1v) is 8.76. The molecule has 3 rings (SSSR count). The van der Waals surface area contributed by atoms with Gasteiger partial charge in [-0.05, 0) is 36.1 Å². The predicted octanol–water partition coefficient (Wildman–Crippen LogP) is 3.64. The van der Waals surface area contributed by atoms with Crippen LogP contribution in [-0.4, -0.2) is 15.5 Å². The Bertz CT molecular complexity index is 967. The predicted molar refractivity (Wildman–Crippen MR) is 96.9 cm³/mol. The van der Waals surface area contributed by atoms with E-state index in [0.29, 0.717) is 20.3 Å². The second-order valence-electron chi connectivity index (χ2n) is 5.28. The molecule has 0 aliphatic rings. The van der Waals surface area contributed by atoms with Gasteiger partial charge in [0.05, 0.1) is 27.8 Å². The fourth-order valence-electron chi connectivity index (χ4n) is 2.31. The third kappa shape index (κ3) is 3.45. The fraction of sp³-hybridized carbons (Fsp3) is 0.188. The van der Waals surface area contributed by atoms with Gasteiger partial charge in [0.2, 0.25) is 5.91 Å². The number of hydrogen-bond acceptors (Lipinski definition) is 4. The molecule has 0 spiro atoms. The van der Waals surface area contributed by atoms with E-state index in [-0.39, 0.29) is 24.1 Å². The second-order valence-corrected chi connectivity index (χ2v) is 6.99. The first-order chi connectivity index (χ1) is 11.5. The number of hydrogen-bond donors (Lipinski definition) is 1. The van der Waals surface area contributed by atoms with E-state index in [9.17, 15) is 9.59 Å². The van der Waals surface area contributed by atoms with Gasteiger partial charge in [-0.2, -0.15) is 0 Å². The molecule has 0 saturated carbocycles. The van der Waals surface area contributed by atoms with Crippen LogP contribution in [0.4, 0.5) is 0 Å². The molecule has 0 saturated heterocycles. The number of carbonyl (C=O) groups is 1. The molecule has 0 radical (unpaired) electrons. The number of carbonyl (C=O) groups excluding carboxylic acids is 1. The summed E-state index contributed by atoms with van der Waals surface area (Å²) >= 11 is 13.3. The highest BCUT2D eigenvalue weighted by atomic mass is 35.5. The Morgan fingerprint density at radius 3 is 2.88 bits per heavy atom. The summed E-state index contributed by atoms with van der Waals surface area (Å²) in [6.45, 7) is 1.74. The SMILES string of the molecule is C[C@@H](NC(=O)Cn1cnc2sccc2c1=O)c1ccc(Cl)c(Cl)c1. The van der Waals surface area contributed by atoms with Crippen molar-refractivity contribution in [3.8, 4) is 0 Å². The summed E-state index contributed by atoms with van der Waals surface area (Å²) in [5.74, 6) is -0.285. The molecular weight excluding hydrogens is 369 g/mol. The number of rotatable bonds is 4. The topological polar surface area (TPSA) is 64.0 Å². The van der Waals surface area contributed by atoms with Gasteiger partial charge >= 0.3 is 0 Å². The number of halogens is 2. The molecule has 2 aromatic heterocycles. The summed E-state index contributed by atoms with van der Waals surface area (Å²) in [5, 5.41) is 6.05. The zero-order valence-electron chi connectivity index (χ0n) is 12.6. The largest absolute Gasteiger partial charge is 0.348 e. The Kier molecular flexibility index (Phi) is 4.89. The smallest absolute Gasteiger partial charge is 0.262 e. The van der Waals surface area contributed by atoms with Crippen LogP contribution in [-0.2, 0) is 11.3 Å². The molecule has 124 valence electrons. The van der Waals surface area contributed by atoms with Crippen LogP contribution in [0.25, 0.3) is 10.2 Å². The third-order valence-electron chi connectivity index (χ3n) is 3.59. The number of aromatic nitrogens is 2. The molecule has 1 atom stereocenters. The highest BCUT2D eigenvalue weighted by molar-refractivity contribution is 7.16. The van der Waals surface area contributed by atoms with E-state index in [1.54, 1.807) is 29.6 Å². The van der Waals surface area contributed by atoms with E-state index in [1.807, 2.05) is 6.92 Å². The van der Waals surface area contributed by atoms with Crippen molar-refractivity contribution < 1.29 is 4.79 Å². The second kappa shape index (κ2) is 6.93. The number of thiophene rings is 1. The molecule has 24 heavy (non-hydrogen) atoms. The summed E-state index contributed by atoms with van der Waals surface area (Å²) in [6, 6.07) is 6.63. The maximum Gasteiger partial charge on any atom is 0.262 e. The summed E-state index contributed by atoms with van der Waals surface area (Å²) in [5.41, 5.74) is 0.607. The van der Waals surface area contributed by atoms with Crippen molar-refractivity contribution in [1.82, 2.24) is 14.9 Å². The van der Waals surface area contributed by atoms with Crippen LogP contribution < -0.4 is 10.9 Å². The van der Waals surface area contributed by atoms with Crippen molar-refractivity contribution >= 4 is 50.7 Å². The van der Waals surface area contributed by atoms with Gasteiger partial charge in [0.25, 0.3) is 5.56 Å². The minimum absolute atomic E-state index is 0.0940. The molecule has 2 heterocycles. The first kappa shape index (κ1) is 17.0. The summed E-state index contributed by atoms with van der Waals surface area (Å²) in [7, 11) is 0. The molecule has 3 aromatic rings. The van der Waals surface area contributed by atoms with Gasteiger partial charge in [0.1, 0.15) is 11.4 Å². The average Bonchev–Trinajstić information content (AvgIpc) is 3.02. The number of fused-ring (bicyclic) bond motifs is 1. The standard InChI is InChI=1S/C16H13Cl2N3O2S/c1-9(10-2-3-12(17)13(18)6-10)20-14(22)7-21-8-19-15-11(16(21)23)4-5-24-15/h2-6,8-9H,7H2,1H3,(H,20,22)/t9-/m1/s1. The van der Waals surface area contributed by atoms with Crippen LogP contribution in [0.3, 0.4) is 0 Å². The molecule has 0 bridgehead atoms. The lowest BCUT2D eigenvalue weighted by Gasteiger charge is -2.15.